The lowest BCUT2D eigenvalue weighted by Crippen LogP contribution is -1.94. The molecule has 4 rings (SSSR count). The highest BCUT2D eigenvalue weighted by atomic mass is 35.5. The van der Waals surface area contributed by atoms with Crippen molar-refractivity contribution >= 4 is 22.4 Å². The Labute approximate surface area is 160 Å². The summed E-state index contributed by atoms with van der Waals surface area (Å²) in [5, 5.41) is 1.94. The van der Waals surface area contributed by atoms with Crippen molar-refractivity contribution < 1.29 is 13.5 Å². The summed E-state index contributed by atoms with van der Waals surface area (Å²) in [5.41, 5.74) is 2.49. The van der Waals surface area contributed by atoms with Crippen LogP contribution < -0.4 is 4.74 Å². The van der Waals surface area contributed by atoms with Crippen molar-refractivity contribution in [2.24, 2.45) is 0 Å². The Morgan fingerprint density at radius 1 is 0.889 bits per heavy atom. The van der Waals surface area contributed by atoms with Crippen molar-refractivity contribution in [3.8, 4) is 28.1 Å². The van der Waals surface area contributed by atoms with Gasteiger partial charge in [0.25, 0.3) is 0 Å². The van der Waals surface area contributed by atoms with Crippen LogP contribution in [0.5, 0.6) is 5.75 Å². The van der Waals surface area contributed by atoms with E-state index in [9.17, 15) is 8.78 Å². The van der Waals surface area contributed by atoms with Crippen molar-refractivity contribution in [1.82, 2.24) is 4.98 Å². The molecule has 0 aliphatic carbocycles. The van der Waals surface area contributed by atoms with E-state index in [2.05, 4.69) is 4.98 Å². The summed E-state index contributed by atoms with van der Waals surface area (Å²) < 4.78 is 32.9. The number of rotatable bonds is 3. The number of benzene rings is 3. The average molecular weight is 382 g/mol. The summed E-state index contributed by atoms with van der Waals surface area (Å²) in [5.74, 6) is -0.182. The lowest BCUT2D eigenvalue weighted by Gasteiger charge is -2.14. The van der Waals surface area contributed by atoms with E-state index in [1.54, 1.807) is 36.5 Å². The summed E-state index contributed by atoms with van der Waals surface area (Å²) in [6, 6.07) is 16.0. The fraction of sp³-hybridized carbons (Fsp3) is 0.0455. The first kappa shape index (κ1) is 17.4. The quantitative estimate of drug-likeness (QED) is 0.403. The van der Waals surface area contributed by atoms with E-state index in [0.717, 1.165) is 5.39 Å². The molecule has 0 fully saturated rings. The Bertz CT molecular complexity index is 1160. The fourth-order valence-corrected chi connectivity index (χ4v) is 3.41. The van der Waals surface area contributed by atoms with E-state index in [1.165, 1.54) is 31.4 Å². The minimum absolute atomic E-state index is 0.349. The maximum atomic E-state index is 13.8. The molecule has 4 aromatic rings. The highest BCUT2D eigenvalue weighted by Gasteiger charge is 2.16. The van der Waals surface area contributed by atoms with Crippen LogP contribution >= 0.6 is 11.6 Å². The normalized spacial score (nSPS) is 11.0. The first-order valence-electron chi connectivity index (χ1n) is 8.25. The molecule has 0 N–H and O–H groups in total. The zero-order valence-electron chi connectivity index (χ0n) is 14.3. The van der Waals surface area contributed by atoms with Gasteiger partial charge in [-0.05, 0) is 53.4 Å². The number of hydrogen-bond acceptors (Lipinski definition) is 2. The maximum absolute atomic E-state index is 13.8. The second kappa shape index (κ2) is 6.97. The molecule has 0 spiro atoms. The molecule has 5 heteroatoms. The summed E-state index contributed by atoms with van der Waals surface area (Å²) in [6.07, 6.45) is 1.66. The maximum Gasteiger partial charge on any atom is 0.129 e. The van der Waals surface area contributed by atoms with Gasteiger partial charge in [0, 0.05) is 27.7 Å². The number of nitrogens with zero attached hydrogens (tertiary/aromatic N) is 1. The Balaban J connectivity index is 1.95. The molecule has 0 atom stereocenters. The zero-order chi connectivity index (χ0) is 19.0. The minimum Gasteiger partial charge on any atom is -0.496 e. The van der Waals surface area contributed by atoms with Crippen LogP contribution in [-0.2, 0) is 0 Å². The van der Waals surface area contributed by atoms with Crippen molar-refractivity contribution in [3.05, 3.63) is 83.5 Å². The van der Waals surface area contributed by atoms with Gasteiger partial charge in [0.15, 0.2) is 0 Å². The molecular weight excluding hydrogens is 368 g/mol. The Hall–Kier alpha value is -2.98. The van der Waals surface area contributed by atoms with E-state index >= 15 is 0 Å². The summed E-state index contributed by atoms with van der Waals surface area (Å²) in [7, 11) is 1.54. The Morgan fingerprint density at radius 3 is 2.48 bits per heavy atom. The monoisotopic (exact) mass is 381 g/mol. The second-order valence-corrected chi connectivity index (χ2v) is 6.47. The van der Waals surface area contributed by atoms with Gasteiger partial charge >= 0.3 is 0 Å². The predicted octanol–water partition coefficient (Wildman–Crippen LogP) is 6.51. The number of pyridine rings is 1. The molecule has 134 valence electrons. The largest absolute Gasteiger partial charge is 0.496 e. The van der Waals surface area contributed by atoms with E-state index in [-0.39, 0.29) is 11.6 Å². The van der Waals surface area contributed by atoms with Crippen LogP contribution in [0.15, 0.2) is 66.9 Å². The molecule has 1 aromatic heterocycles. The molecule has 0 saturated carbocycles. The number of halogens is 3. The molecule has 27 heavy (non-hydrogen) atoms. The predicted molar refractivity (Wildman–Crippen MR) is 104 cm³/mol. The van der Waals surface area contributed by atoms with Gasteiger partial charge in [-0.1, -0.05) is 29.8 Å². The van der Waals surface area contributed by atoms with Gasteiger partial charge < -0.3 is 4.74 Å². The molecule has 0 saturated heterocycles. The minimum atomic E-state index is -0.349. The molecule has 0 unspecified atom stereocenters. The fourth-order valence-electron chi connectivity index (χ4n) is 3.14. The standard InChI is InChI=1S/C22H14ClF2NO/c1-27-21-12-17(14-3-2-4-15(24)9-14)20(23)11-19(21)22-18-10-16(25)6-5-13(18)7-8-26-22/h2-12H,1H3. The smallest absolute Gasteiger partial charge is 0.129 e. The van der Waals surface area contributed by atoms with Gasteiger partial charge in [-0.15, -0.1) is 0 Å². The van der Waals surface area contributed by atoms with E-state index in [1.807, 2.05) is 6.07 Å². The van der Waals surface area contributed by atoms with Gasteiger partial charge in [0.1, 0.15) is 17.4 Å². The molecule has 1 heterocycles. The third-order valence-electron chi connectivity index (χ3n) is 4.41. The molecule has 0 aliphatic rings. The third kappa shape index (κ3) is 3.24. The van der Waals surface area contributed by atoms with Gasteiger partial charge in [0.2, 0.25) is 0 Å². The second-order valence-electron chi connectivity index (χ2n) is 6.07. The highest BCUT2D eigenvalue weighted by molar-refractivity contribution is 6.33. The number of ether oxygens (including phenoxy) is 1. The molecule has 0 amide bonds. The van der Waals surface area contributed by atoms with Crippen LogP contribution in [0.1, 0.15) is 0 Å². The van der Waals surface area contributed by atoms with Crippen LogP contribution in [0.2, 0.25) is 5.02 Å². The van der Waals surface area contributed by atoms with Crippen molar-refractivity contribution in [1.29, 1.82) is 0 Å². The summed E-state index contributed by atoms with van der Waals surface area (Å²) >= 11 is 6.50. The van der Waals surface area contributed by atoms with Crippen LogP contribution in [0.4, 0.5) is 8.78 Å². The molecular formula is C22H14ClF2NO. The Morgan fingerprint density at radius 2 is 1.70 bits per heavy atom. The molecule has 0 radical (unpaired) electrons. The van der Waals surface area contributed by atoms with Crippen LogP contribution in [0.25, 0.3) is 33.2 Å². The van der Waals surface area contributed by atoms with E-state index in [4.69, 9.17) is 16.3 Å². The highest BCUT2D eigenvalue weighted by Crippen LogP contribution is 2.40. The molecule has 0 bridgehead atoms. The van der Waals surface area contributed by atoms with Crippen molar-refractivity contribution in [2.75, 3.05) is 7.11 Å². The lowest BCUT2D eigenvalue weighted by atomic mass is 9.98. The first-order valence-corrected chi connectivity index (χ1v) is 8.63. The molecule has 0 aliphatic heterocycles. The number of fused-ring (bicyclic) bond motifs is 1. The first-order chi connectivity index (χ1) is 13.1. The summed E-state index contributed by atoms with van der Waals surface area (Å²) in [6.45, 7) is 0. The van der Waals surface area contributed by atoms with Crippen LogP contribution in [-0.4, -0.2) is 12.1 Å². The Kier molecular flexibility index (Phi) is 4.50. The average Bonchev–Trinajstić information content (AvgIpc) is 2.67. The van der Waals surface area contributed by atoms with Crippen LogP contribution in [0, 0.1) is 11.6 Å². The number of aromatic nitrogens is 1. The molecule has 2 nitrogen and oxygen atoms in total. The third-order valence-corrected chi connectivity index (χ3v) is 4.72. The van der Waals surface area contributed by atoms with Crippen molar-refractivity contribution in [3.63, 3.8) is 0 Å². The van der Waals surface area contributed by atoms with E-state index in [0.29, 0.717) is 38.5 Å². The van der Waals surface area contributed by atoms with Gasteiger partial charge in [-0.2, -0.15) is 0 Å². The van der Waals surface area contributed by atoms with E-state index < -0.39 is 0 Å². The number of methoxy groups -OCH3 is 1. The van der Waals surface area contributed by atoms with Gasteiger partial charge in [0.05, 0.1) is 12.8 Å². The van der Waals surface area contributed by atoms with Gasteiger partial charge in [-0.3, -0.25) is 4.98 Å². The lowest BCUT2D eigenvalue weighted by molar-refractivity contribution is 0.416. The zero-order valence-corrected chi connectivity index (χ0v) is 15.1. The number of hydrogen-bond donors (Lipinski definition) is 0. The van der Waals surface area contributed by atoms with Crippen LogP contribution in [0.3, 0.4) is 0 Å². The van der Waals surface area contributed by atoms with Crippen molar-refractivity contribution in [2.45, 2.75) is 0 Å². The topological polar surface area (TPSA) is 22.1 Å². The summed E-state index contributed by atoms with van der Waals surface area (Å²) in [4.78, 5) is 4.42. The SMILES string of the molecule is COc1cc(-c2cccc(F)c2)c(Cl)cc1-c1nccc2ccc(F)cc12. The molecule has 3 aromatic carbocycles. The van der Waals surface area contributed by atoms with Gasteiger partial charge in [-0.25, -0.2) is 8.78 Å².